The van der Waals surface area contributed by atoms with E-state index in [1.54, 1.807) is 12.1 Å². The molecule has 0 atom stereocenters. The predicted molar refractivity (Wildman–Crippen MR) is 89.1 cm³/mol. The Hall–Kier alpha value is -3.23. The van der Waals surface area contributed by atoms with Crippen LogP contribution in [0.1, 0.15) is 52.8 Å². The molecule has 2 fully saturated rings. The summed E-state index contributed by atoms with van der Waals surface area (Å²) in [5.41, 5.74) is -0.691. The molecule has 1 spiro atoms. The van der Waals surface area contributed by atoms with Crippen LogP contribution in [0.15, 0.2) is 24.3 Å². The molecule has 27 heavy (non-hydrogen) atoms. The highest BCUT2D eigenvalue weighted by atomic mass is 16.7. The molecule has 0 radical (unpaired) electrons. The number of fused-ring (bicyclic) bond motifs is 1. The van der Waals surface area contributed by atoms with E-state index in [0.29, 0.717) is 17.9 Å². The third kappa shape index (κ3) is 2.66. The zero-order chi connectivity index (χ0) is 19.2. The van der Waals surface area contributed by atoms with Crippen LogP contribution in [0.2, 0.25) is 0 Å². The van der Waals surface area contributed by atoms with Crippen molar-refractivity contribution in [1.29, 1.82) is 0 Å². The van der Waals surface area contributed by atoms with Crippen LogP contribution in [-0.2, 0) is 14.4 Å². The standard InChI is InChI=1S/C18H17N3O6/c22-13(27-21-14(23)11-6-2-3-7-12(11)15(21)24)10-20-16(25)18(19-17(20)26)8-4-1-5-9-18/h2-3,6-7H,1,4-5,8-10H2,(H,19,26). The van der Waals surface area contributed by atoms with Gasteiger partial charge in [0.1, 0.15) is 12.1 Å². The maximum absolute atomic E-state index is 12.7. The van der Waals surface area contributed by atoms with E-state index >= 15 is 0 Å². The number of benzene rings is 1. The maximum atomic E-state index is 12.7. The van der Waals surface area contributed by atoms with Crippen LogP contribution in [0, 0.1) is 0 Å². The molecule has 9 heteroatoms. The molecule has 2 aliphatic heterocycles. The summed E-state index contributed by atoms with van der Waals surface area (Å²) >= 11 is 0. The maximum Gasteiger partial charge on any atom is 0.353 e. The smallest absolute Gasteiger partial charge is 0.328 e. The van der Waals surface area contributed by atoms with E-state index in [4.69, 9.17) is 4.84 Å². The van der Waals surface area contributed by atoms with Gasteiger partial charge >= 0.3 is 12.0 Å². The number of carbonyl (C=O) groups is 5. The van der Waals surface area contributed by atoms with Gasteiger partial charge in [0.05, 0.1) is 11.1 Å². The van der Waals surface area contributed by atoms with Crippen LogP contribution in [-0.4, -0.2) is 51.8 Å². The van der Waals surface area contributed by atoms with Gasteiger partial charge in [-0.05, 0) is 25.0 Å². The summed E-state index contributed by atoms with van der Waals surface area (Å²) in [6, 6.07) is 5.42. The van der Waals surface area contributed by atoms with Crippen molar-refractivity contribution in [3.63, 3.8) is 0 Å². The fraction of sp³-hybridized carbons (Fsp3) is 0.389. The second-order valence-corrected chi connectivity index (χ2v) is 6.88. The molecule has 0 bridgehead atoms. The van der Waals surface area contributed by atoms with Crippen molar-refractivity contribution in [1.82, 2.24) is 15.3 Å². The van der Waals surface area contributed by atoms with Gasteiger partial charge in [0.2, 0.25) is 0 Å². The van der Waals surface area contributed by atoms with Crippen molar-refractivity contribution in [3.05, 3.63) is 35.4 Å². The van der Waals surface area contributed by atoms with Crippen LogP contribution < -0.4 is 5.32 Å². The summed E-state index contributed by atoms with van der Waals surface area (Å²) in [5, 5.41) is 3.04. The van der Waals surface area contributed by atoms with Gasteiger partial charge in [0.25, 0.3) is 17.7 Å². The lowest BCUT2D eigenvalue weighted by Gasteiger charge is -2.30. The molecule has 1 saturated heterocycles. The van der Waals surface area contributed by atoms with E-state index < -0.39 is 41.8 Å². The minimum absolute atomic E-state index is 0.131. The highest BCUT2D eigenvalue weighted by Gasteiger charge is 2.52. The first-order valence-electron chi connectivity index (χ1n) is 8.76. The Morgan fingerprint density at radius 1 is 1.00 bits per heavy atom. The number of rotatable bonds is 3. The van der Waals surface area contributed by atoms with Crippen LogP contribution in [0.5, 0.6) is 0 Å². The molecule has 140 valence electrons. The summed E-state index contributed by atoms with van der Waals surface area (Å²) in [5.74, 6) is -3.03. The van der Waals surface area contributed by atoms with Gasteiger partial charge in [-0.25, -0.2) is 9.59 Å². The summed E-state index contributed by atoms with van der Waals surface area (Å²) in [6.45, 7) is -0.667. The van der Waals surface area contributed by atoms with Crippen molar-refractivity contribution in [3.8, 4) is 0 Å². The van der Waals surface area contributed by atoms with Crippen molar-refractivity contribution in [2.24, 2.45) is 0 Å². The van der Waals surface area contributed by atoms with E-state index in [1.165, 1.54) is 12.1 Å². The number of nitrogens with one attached hydrogen (secondary N) is 1. The van der Waals surface area contributed by atoms with Crippen molar-refractivity contribution in [2.75, 3.05) is 6.54 Å². The average molecular weight is 371 g/mol. The fourth-order valence-electron chi connectivity index (χ4n) is 3.82. The molecule has 1 aliphatic carbocycles. The number of hydroxylamine groups is 2. The summed E-state index contributed by atoms with van der Waals surface area (Å²) in [4.78, 5) is 67.1. The van der Waals surface area contributed by atoms with E-state index in [-0.39, 0.29) is 11.1 Å². The van der Waals surface area contributed by atoms with Gasteiger partial charge < -0.3 is 10.2 Å². The third-order valence-corrected chi connectivity index (χ3v) is 5.19. The highest BCUT2D eigenvalue weighted by molar-refractivity contribution is 6.21. The van der Waals surface area contributed by atoms with Crippen molar-refractivity contribution in [2.45, 2.75) is 37.6 Å². The fourth-order valence-corrected chi connectivity index (χ4v) is 3.82. The van der Waals surface area contributed by atoms with Gasteiger partial charge in [-0.15, -0.1) is 0 Å². The van der Waals surface area contributed by atoms with Crippen LogP contribution in [0.25, 0.3) is 0 Å². The molecule has 4 rings (SSSR count). The predicted octanol–water partition coefficient (Wildman–Crippen LogP) is 0.995. The molecular weight excluding hydrogens is 354 g/mol. The average Bonchev–Trinajstić information content (AvgIpc) is 3.03. The first-order valence-corrected chi connectivity index (χ1v) is 8.76. The van der Waals surface area contributed by atoms with Gasteiger partial charge in [-0.1, -0.05) is 36.5 Å². The topological polar surface area (TPSA) is 113 Å². The van der Waals surface area contributed by atoms with Crippen LogP contribution in [0.4, 0.5) is 4.79 Å². The van der Waals surface area contributed by atoms with E-state index in [1.807, 2.05) is 0 Å². The van der Waals surface area contributed by atoms with Gasteiger partial charge in [0, 0.05) is 0 Å². The summed E-state index contributed by atoms with van der Waals surface area (Å²) < 4.78 is 0. The third-order valence-electron chi connectivity index (χ3n) is 5.19. The van der Waals surface area contributed by atoms with E-state index in [9.17, 15) is 24.0 Å². The quantitative estimate of drug-likeness (QED) is 0.626. The molecule has 1 N–H and O–H groups in total. The largest absolute Gasteiger partial charge is 0.353 e. The van der Waals surface area contributed by atoms with Crippen LogP contribution in [0.3, 0.4) is 0 Å². The van der Waals surface area contributed by atoms with Crippen LogP contribution >= 0.6 is 0 Å². The Kier molecular flexibility index (Phi) is 3.94. The Morgan fingerprint density at radius 3 is 2.19 bits per heavy atom. The Bertz CT molecular complexity index is 839. The second-order valence-electron chi connectivity index (χ2n) is 6.88. The lowest BCUT2D eigenvalue weighted by Crippen LogP contribution is -2.48. The molecule has 0 aromatic heterocycles. The molecule has 2 heterocycles. The first-order chi connectivity index (χ1) is 12.9. The minimum Gasteiger partial charge on any atom is -0.328 e. The Labute approximate surface area is 154 Å². The second kappa shape index (κ2) is 6.19. The number of hydrogen-bond acceptors (Lipinski definition) is 6. The molecule has 5 amide bonds. The lowest BCUT2D eigenvalue weighted by atomic mass is 9.82. The molecule has 1 aromatic rings. The van der Waals surface area contributed by atoms with Gasteiger partial charge in [-0.2, -0.15) is 0 Å². The molecule has 1 aromatic carbocycles. The molecule has 3 aliphatic rings. The van der Waals surface area contributed by atoms with Gasteiger partial charge in [0.15, 0.2) is 0 Å². The number of urea groups is 1. The molecule has 1 saturated carbocycles. The minimum atomic E-state index is -1.04. The summed E-state index contributed by atoms with van der Waals surface area (Å²) in [6.07, 6.45) is 3.69. The molecule has 9 nitrogen and oxygen atoms in total. The number of imide groups is 2. The molecule has 0 unspecified atom stereocenters. The van der Waals surface area contributed by atoms with E-state index in [2.05, 4.69) is 5.32 Å². The highest BCUT2D eigenvalue weighted by Crippen LogP contribution is 2.33. The number of carbonyl (C=O) groups excluding carboxylic acids is 5. The Morgan fingerprint density at radius 2 is 1.59 bits per heavy atom. The summed E-state index contributed by atoms with van der Waals surface area (Å²) in [7, 11) is 0. The number of nitrogens with zero attached hydrogens (tertiary/aromatic N) is 2. The van der Waals surface area contributed by atoms with Crippen molar-refractivity contribution >= 4 is 29.7 Å². The SMILES string of the molecule is O=C(CN1C(=O)NC2(CCCCC2)C1=O)ON1C(=O)c2ccccc2C1=O. The zero-order valence-corrected chi connectivity index (χ0v) is 14.4. The number of hydrogen-bond donors (Lipinski definition) is 1. The normalized spacial score (nSPS) is 20.9. The number of amides is 5. The van der Waals surface area contributed by atoms with Crippen molar-refractivity contribution < 1.29 is 28.8 Å². The first kappa shape index (κ1) is 17.2. The van der Waals surface area contributed by atoms with Gasteiger partial charge in [-0.3, -0.25) is 19.3 Å². The monoisotopic (exact) mass is 371 g/mol. The molecular formula is C18H17N3O6. The zero-order valence-electron chi connectivity index (χ0n) is 14.4. The Balaban J connectivity index is 1.45. The lowest BCUT2D eigenvalue weighted by molar-refractivity contribution is -0.170. The van der Waals surface area contributed by atoms with E-state index in [0.717, 1.165) is 24.2 Å².